The van der Waals surface area contributed by atoms with Crippen molar-refractivity contribution in [1.82, 2.24) is 9.88 Å². The van der Waals surface area contributed by atoms with Crippen molar-refractivity contribution in [2.45, 2.75) is 0 Å². The number of morpholine rings is 1. The first-order valence-electron chi connectivity index (χ1n) is 10.1. The molecule has 3 aromatic carbocycles. The van der Waals surface area contributed by atoms with Crippen molar-refractivity contribution in [3.05, 3.63) is 66.2 Å². The highest BCUT2D eigenvalue weighted by Crippen LogP contribution is 2.33. The van der Waals surface area contributed by atoms with Crippen molar-refractivity contribution >= 4 is 33.7 Å². The smallest absolute Gasteiger partial charge is 0.339 e. The van der Waals surface area contributed by atoms with Gasteiger partial charge in [-0.05, 0) is 29.7 Å². The van der Waals surface area contributed by atoms with Gasteiger partial charge in [-0.1, -0.05) is 36.4 Å². The van der Waals surface area contributed by atoms with Gasteiger partial charge in [-0.15, -0.1) is 0 Å². The van der Waals surface area contributed by atoms with E-state index in [1.54, 1.807) is 17.0 Å². The predicted octanol–water partition coefficient (Wildman–Crippen LogP) is 3.66. The molecule has 0 aliphatic carbocycles. The fourth-order valence-electron chi connectivity index (χ4n) is 3.79. The summed E-state index contributed by atoms with van der Waals surface area (Å²) >= 11 is 0. The number of ether oxygens (including phenoxy) is 2. The van der Waals surface area contributed by atoms with Gasteiger partial charge in [0.25, 0.3) is 5.91 Å². The van der Waals surface area contributed by atoms with Crippen molar-refractivity contribution in [2.75, 3.05) is 32.9 Å². The van der Waals surface area contributed by atoms with E-state index in [9.17, 15) is 9.59 Å². The molecule has 0 atom stereocenters. The molecule has 0 spiro atoms. The Morgan fingerprint density at radius 2 is 1.74 bits per heavy atom. The molecular formula is C24H20N2O5. The Bertz CT molecular complexity index is 1240. The summed E-state index contributed by atoms with van der Waals surface area (Å²) in [6, 6.07) is 18.6. The molecule has 0 N–H and O–H groups in total. The van der Waals surface area contributed by atoms with Gasteiger partial charge in [-0.25, -0.2) is 9.78 Å². The van der Waals surface area contributed by atoms with Crippen molar-refractivity contribution in [1.29, 1.82) is 0 Å². The van der Waals surface area contributed by atoms with E-state index >= 15 is 0 Å². The monoisotopic (exact) mass is 416 g/mol. The molecule has 0 unspecified atom stereocenters. The Balaban J connectivity index is 1.47. The highest BCUT2D eigenvalue weighted by molar-refractivity contribution is 6.10. The van der Waals surface area contributed by atoms with E-state index in [0.717, 1.165) is 10.9 Å². The zero-order valence-corrected chi connectivity index (χ0v) is 16.7. The molecule has 1 saturated heterocycles. The molecule has 1 aliphatic rings. The van der Waals surface area contributed by atoms with Gasteiger partial charge in [0.15, 0.2) is 12.2 Å². The second-order valence-electron chi connectivity index (χ2n) is 7.27. The number of amides is 1. The summed E-state index contributed by atoms with van der Waals surface area (Å²) in [5.41, 5.74) is 2.47. The van der Waals surface area contributed by atoms with Crippen LogP contribution in [0.2, 0.25) is 0 Å². The Hall–Kier alpha value is -3.71. The largest absolute Gasteiger partial charge is 0.452 e. The van der Waals surface area contributed by atoms with Crippen LogP contribution in [0.1, 0.15) is 10.4 Å². The zero-order valence-electron chi connectivity index (χ0n) is 16.7. The molecule has 4 aromatic rings. The maximum atomic E-state index is 12.9. The summed E-state index contributed by atoms with van der Waals surface area (Å²) in [6.45, 7) is 1.70. The summed E-state index contributed by atoms with van der Waals surface area (Å²) in [4.78, 5) is 31.5. The third kappa shape index (κ3) is 3.75. The number of esters is 1. The summed E-state index contributed by atoms with van der Waals surface area (Å²) in [5.74, 6) is -0.358. The Labute approximate surface area is 178 Å². The second-order valence-corrected chi connectivity index (χ2v) is 7.27. The van der Waals surface area contributed by atoms with Gasteiger partial charge in [0.05, 0.1) is 18.8 Å². The number of benzene rings is 3. The Kier molecular flexibility index (Phi) is 5.09. The molecule has 31 heavy (non-hydrogen) atoms. The fraction of sp³-hybridized carbons (Fsp3) is 0.208. The van der Waals surface area contributed by atoms with E-state index in [-0.39, 0.29) is 12.5 Å². The van der Waals surface area contributed by atoms with Crippen LogP contribution in [0.4, 0.5) is 0 Å². The lowest BCUT2D eigenvalue weighted by atomic mass is 9.99. The number of carbonyl (C=O) groups excluding carboxylic acids is 2. The molecule has 7 nitrogen and oxygen atoms in total. The molecule has 5 rings (SSSR count). The third-order valence-electron chi connectivity index (χ3n) is 5.34. The molecule has 2 heterocycles. The summed E-state index contributed by atoms with van der Waals surface area (Å²) < 4.78 is 16.6. The maximum Gasteiger partial charge on any atom is 0.339 e. The predicted molar refractivity (Wildman–Crippen MR) is 115 cm³/mol. The lowest BCUT2D eigenvalue weighted by Crippen LogP contribution is -2.42. The number of hydrogen-bond donors (Lipinski definition) is 0. The van der Waals surface area contributed by atoms with Crippen LogP contribution < -0.4 is 0 Å². The normalized spacial score (nSPS) is 14.1. The SMILES string of the molecule is O=C(OCC(=O)N1CCOCC1)c1cccc2cccc(-c3nc4ccccc4o3)c12. The van der Waals surface area contributed by atoms with Gasteiger partial charge < -0.3 is 18.8 Å². The van der Waals surface area contributed by atoms with Crippen molar-refractivity contribution in [3.63, 3.8) is 0 Å². The van der Waals surface area contributed by atoms with Gasteiger partial charge >= 0.3 is 5.97 Å². The summed E-state index contributed by atoms with van der Waals surface area (Å²) in [6.07, 6.45) is 0. The van der Waals surface area contributed by atoms with Crippen LogP contribution in [0.3, 0.4) is 0 Å². The van der Waals surface area contributed by atoms with Crippen LogP contribution in [0, 0.1) is 0 Å². The molecule has 7 heteroatoms. The Morgan fingerprint density at radius 3 is 2.55 bits per heavy atom. The fourth-order valence-corrected chi connectivity index (χ4v) is 3.79. The third-order valence-corrected chi connectivity index (χ3v) is 5.34. The van der Waals surface area contributed by atoms with Crippen molar-refractivity contribution < 1.29 is 23.5 Å². The van der Waals surface area contributed by atoms with Crippen LogP contribution in [0.15, 0.2) is 65.1 Å². The molecule has 0 radical (unpaired) electrons. The van der Waals surface area contributed by atoms with Gasteiger partial charge in [0.2, 0.25) is 5.89 Å². The highest BCUT2D eigenvalue weighted by Gasteiger charge is 2.21. The minimum Gasteiger partial charge on any atom is -0.452 e. The van der Waals surface area contributed by atoms with Gasteiger partial charge in [0.1, 0.15) is 5.52 Å². The van der Waals surface area contributed by atoms with Crippen molar-refractivity contribution in [2.24, 2.45) is 0 Å². The van der Waals surface area contributed by atoms with Crippen LogP contribution in [0.5, 0.6) is 0 Å². The minimum absolute atomic E-state index is 0.226. The Morgan fingerprint density at radius 1 is 0.968 bits per heavy atom. The highest BCUT2D eigenvalue weighted by atomic mass is 16.5. The molecule has 1 amide bonds. The zero-order chi connectivity index (χ0) is 21.2. The average molecular weight is 416 g/mol. The molecule has 0 saturated carbocycles. The van der Waals surface area contributed by atoms with E-state index in [1.807, 2.05) is 48.5 Å². The van der Waals surface area contributed by atoms with Crippen LogP contribution >= 0.6 is 0 Å². The van der Waals surface area contributed by atoms with Crippen LogP contribution in [-0.4, -0.2) is 54.7 Å². The minimum atomic E-state index is -0.559. The summed E-state index contributed by atoms with van der Waals surface area (Å²) in [5, 5.41) is 1.54. The topological polar surface area (TPSA) is 81.9 Å². The average Bonchev–Trinajstić information content (AvgIpc) is 3.26. The van der Waals surface area contributed by atoms with Gasteiger partial charge in [0, 0.05) is 24.0 Å². The van der Waals surface area contributed by atoms with Crippen LogP contribution in [-0.2, 0) is 14.3 Å². The first-order chi connectivity index (χ1) is 15.2. The number of carbonyl (C=O) groups is 2. The number of aromatic nitrogens is 1. The second kappa shape index (κ2) is 8.20. The van der Waals surface area contributed by atoms with Gasteiger partial charge in [-0.2, -0.15) is 0 Å². The number of fused-ring (bicyclic) bond motifs is 2. The molecule has 1 aromatic heterocycles. The lowest BCUT2D eigenvalue weighted by molar-refractivity contribution is -0.138. The molecule has 156 valence electrons. The van der Waals surface area contributed by atoms with Crippen LogP contribution in [0.25, 0.3) is 33.3 Å². The molecule has 1 aliphatic heterocycles. The van der Waals surface area contributed by atoms with Crippen molar-refractivity contribution in [3.8, 4) is 11.5 Å². The quantitative estimate of drug-likeness (QED) is 0.472. The van der Waals surface area contributed by atoms with E-state index in [0.29, 0.717) is 54.3 Å². The van der Waals surface area contributed by atoms with E-state index in [1.165, 1.54) is 0 Å². The van der Waals surface area contributed by atoms with E-state index in [2.05, 4.69) is 4.98 Å². The van der Waals surface area contributed by atoms with E-state index in [4.69, 9.17) is 13.9 Å². The standard InChI is InChI=1S/C24H20N2O5/c27-21(26-11-13-29-14-12-26)15-30-24(28)18-8-4-6-16-5-3-7-17(22(16)18)23-25-19-9-1-2-10-20(19)31-23/h1-10H,11-15H2. The van der Waals surface area contributed by atoms with Gasteiger partial charge in [-0.3, -0.25) is 4.79 Å². The number of hydrogen-bond acceptors (Lipinski definition) is 6. The number of nitrogens with zero attached hydrogens (tertiary/aromatic N) is 2. The number of oxazole rings is 1. The summed E-state index contributed by atoms with van der Waals surface area (Å²) in [7, 11) is 0. The molecule has 1 fully saturated rings. The first-order valence-corrected chi connectivity index (χ1v) is 10.1. The molecular weight excluding hydrogens is 396 g/mol. The molecule has 0 bridgehead atoms. The van der Waals surface area contributed by atoms with E-state index < -0.39 is 5.97 Å². The maximum absolute atomic E-state index is 12.9. The number of para-hydroxylation sites is 2. The first kappa shape index (κ1) is 19.3. The lowest BCUT2D eigenvalue weighted by Gasteiger charge is -2.26. The number of rotatable bonds is 4.